The largest absolute Gasteiger partial charge is 0.382 e. The number of nitrogens with zero attached hydrogens (tertiary/aromatic N) is 1. The van der Waals surface area contributed by atoms with E-state index in [1.165, 1.54) is 0 Å². The molecule has 0 spiro atoms. The van der Waals surface area contributed by atoms with E-state index in [1.807, 2.05) is 34.6 Å². The number of carbonyl (C=O) groups is 1. The first-order chi connectivity index (χ1) is 10.4. The number of rotatable bonds is 10. The maximum atomic E-state index is 11.7. The van der Waals surface area contributed by atoms with Gasteiger partial charge in [-0.2, -0.15) is 0 Å². The summed E-state index contributed by atoms with van der Waals surface area (Å²) in [5.74, 6) is 0.857. The second-order valence-corrected chi connectivity index (χ2v) is 6.10. The molecule has 0 radical (unpaired) electrons. The second-order valence-electron chi connectivity index (χ2n) is 6.10. The fourth-order valence-corrected chi connectivity index (χ4v) is 1.61. The number of halogens is 1. The van der Waals surface area contributed by atoms with Crippen molar-refractivity contribution in [3.8, 4) is 0 Å². The number of unbranched alkanes of at least 4 members (excludes halogenated alkanes) is 1. The molecule has 0 heterocycles. The van der Waals surface area contributed by atoms with Gasteiger partial charge in [-0.25, -0.2) is 0 Å². The topological polar surface area (TPSA) is 74.8 Å². The van der Waals surface area contributed by atoms with Crippen molar-refractivity contribution in [3.05, 3.63) is 0 Å². The highest BCUT2D eigenvalue weighted by Gasteiger charge is 2.20. The lowest BCUT2D eigenvalue weighted by Gasteiger charge is -2.18. The van der Waals surface area contributed by atoms with Gasteiger partial charge < -0.3 is 20.7 Å². The highest BCUT2D eigenvalue weighted by Crippen LogP contribution is 2.11. The van der Waals surface area contributed by atoms with E-state index in [9.17, 15) is 4.79 Å². The van der Waals surface area contributed by atoms with Crippen molar-refractivity contribution >= 4 is 35.8 Å². The SMILES string of the molecule is CCNC(=NCCCCOCC)NCCNC(=O)C(C)(C)C.I. The lowest BCUT2D eigenvalue weighted by molar-refractivity contribution is -0.128. The molecule has 23 heavy (non-hydrogen) atoms. The fourth-order valence-electron chi connectivity index (χ4n) is 1.61. The number of aliphatic imine (C=N–C) groups is 1. The molecule has 0 unspecified atom stereocenters. The number of ether oxygens (including phenoxy) is 1. The quantitative estimate of drug-likeness (QED) is 0.210. The first-order valence-electron chi connectivity index (χ1n) is 8.30. The van der Waals surface area contributed by atoms with Crippen molar-refractivity contribution in [2.24, 2.45) is 10.4 Å². The van der Waals surface area contributed by atoms with Gasteiger partial charge in [0.25, 0.3) is 0 Å². The van der Waals surface area contributed by atoms with Gasteiger partial charge in [-0.1, -0.05) is 20.8 Å². The van der Waals surface area contributed by atoms with Crippen molar-refractivity contribution < 1.29 is 9.53 Å². The number of carbonyl (C=O) groups excluding carboxylic acids is 1. The summed E-state index contributed by atoms with van der Waals surface area (Å²) in [7, 11) is 0. The van der Waals surface area contributed by atoms with Crippen LogP contribution in [0.3, 0.4) is 0 Å². The van der Waals surface area contributed by atoms with Gasteiger partial charge in [-0.05, 0) is 26.7 Å². The van der Waals surface area contributed by atoms with Gasteiger partial charge in [0.05, 0.1) is 0 Å². The molecule has 6 nitrogen and oxygen atoms in total. The van der Waals surface area contributed by atoms with Crippen molar-refractivity contribution in [1.29, 1.82) is 0 Å². The summed E-state index contributed by atoms with van der Waals surface area (Å²) in [5.41, 5.74) is -0.348. The van der Waals surface area contributed by atoms with E-state index in [-0.39, 0.29) is 35.3 Å². The highest BCUT2D eigenvalue weighted by atomic mass is 127. The predicted octanol–water partition coefficient (Wildman–Crippen LogP) is 2.14. The Bertz CT molecular complexity index is 331. The van der Waals surface area contributed by atoms with E-state index in [2.05, 4.69) is 20.9 Å². The Balaban J connectivity index is 0. The standard InChI is InChI=1S/C16H34N4O2.HI/c1-6-17-15(19-10-8-9-13-22-7-2)20-12-11-18-14(21)16(3,4)5;/h6-13H2,1-5H3,(H,18,21)(H2,17,19,20);1H. The molecule has 0 aliphatic heterocycles. The Morgan fingerprint density at radius 3 is 2.26 bits per heavy atom. The number of hydrogen-bond donors (Lipinski definition) is 3. The van der Waals surface area contributed by atoms with Crippen LogP contribution >= 0.6 is 24.0 Å². The minimum absolute atomic E-state index is 0. The molecule has 0 bridgehead atoms. The van der Waals surface area contributed by atoms with Gasteiger partial charge >= 0.3 is 0 Å². The average molecular weight is 442 g/mol. The van der Waals surface area contributed by atoms with Gasteiger partial charge in [-0.15, -0.1) is 24.0 Å². The van der Waals surface area contributed by atoms with Crippen LogP contribution in [-0.2, 0) is 9.53 Å². The molecule has 138 valence electrons. The van der Waals surface area contributed by atoms with Crippen LogP contribution in [-0.4, -0.2) is 51.3 Å². The third kappa shape index (κ3) is 14.7. The Kier molecular flexibility index (Phi) is 16.1. The molecule has 0 fully saturated rings. The summed E-state index contributed by atoms with van der Waals surface area (Å²) < 4.78 is 5.30. The molecule has 0 aromatic carbocycles. The zero-order valence-electron chi connectivity index (χ0n) is 15.3. The summed E-state index contributed by atoms with van der Waals surface area (Å²) in [4.78, 5) is 16.2. The minimum atomic E-state index is -0.348. The summed E-state index contributed by atoms with van der Waals surface area (Å²) in [5, 5.41) is 9.33. The third-order valence-electron chi connectivity index (χ3n) is 2.90. The second kappa shape index (κ2) is 15.0. The summed E-state index contributed by atoms with van der Waals surface area (Å²) in [6.07, 6.45) is 2.04. The lowest BCUT2D eigenvalue weighted by Crippen LogP contribution is -2.43. The number of hydrogen-bond acceptors (Lipinski definition) is 3. The maximum Gasteiger partial charge on any atom is 0.225 e. The van der Waals surface area contributed by atoms with Crippen LogP contribution in [0.4, 0.5) is 0 Å². The van der Waals surface area contributed by atoms with E-state index in [0.717, 1.165) is 45.1 Å². The predicted molar refractivity (Wildman–Crippen MR) is 108 cm³/mol. The van der Waals surface area contributed by atoms with Gasteiger partial charge in [0.2, 0.25) is 5.91 Å². The molecule has 0 atom stereocenters. The molecular formula is C16H35IN4O2. The van der Waals surface area contributed by atoms with Gasteiger partial charge in [0.1, 0.15) is 0 Å². The normalized spacial score (nSPS) is 11.6. The smallest absolute Gasteiger partial charge is 0.225 e. The third-order valence-corrected chi connectivity index (χ3v) is 2.90. The molecule has 0 saturated carbocycles. The van der Waals surface area contributed by atoms with Crippen LogP contribution in [0, 0.1) is 5.41 Å². The number of amides is 1. The Labute approximate surface area is 158 Å². The Morgan fingerprint density at radius 2 is 1.70 bits per heavy atom. The van der Waals surface area contributed by atoms with E-state index in [0.29, 0.717) is 13.1 Å². The maximum absolute atomic E-state index is 11.7. The van der Waals surface area contributed by atoms with Crippen LogP contribution in [0.5, 0.6) is 0 Å². The minimum Gasteiger partial charge on any atom is -0.382 e. The zero-order chi connectivity index (χ0) is 16.8. The highest BCUT2D eigenvalue weighted by molar-refractivity contribution is 14.0. The first-order valence-corrected chi connectivity index (χ1v) is 8.30. The van der Waals surface area contributed by atoms with Gasteiger partial charge in [-0.3, -0.25) is 9.79 Å². The molecule has 1 amide bonds. The molecule has 7 heteroatoms. The van der Waals surface area contributed by atoms with Crippen molar-refractivity contribution in [3.63, 3.8) is 0 Å². The average Bonchev–Trinajstić information content (AvgIpc) is 2.45. The first kappa shape index (κ1) is 24.7. The van der Waals surface area contributed by atoms with Crippen LogP contribution in [0.25, 0.3) is 0 Å². The van der Waals surface area contributed by atoms with E-state index >= 15 is 0 Å². The molecule has 0 aliphatic rings. The number of guanidine groups is 1. The van der Waals surface area contributed by atoms with Gasteiger partial charge in [0.15, 0.2) is 5.96 Å². The van der Waals surface area contributed by atoms with Crippen molar-refractivity contribution in [1.82, 2.24) is 16.0 Å². The summed E-state index contributed by atoms with van der Waals surface area (Å²) in [6, 6.07) is 0. The van der Waals surface area contributed by atoms with E-state index < -0.39 is 0 Å². The van der Waals surface area contributed by atoms with E-state index in [4.69, 9.17) is 4.74 Å². The van der Waals surface area contributed by atoms with Crippen LogP contribution in [0.15, 0.2) is 4.99 Å². The molecule has 0 aromatic heterocycles. The molecule has 0 aromatic rings. The number of nitrogens with one attached hydrogen (secondary N) is 3. The lowest BCUT2D eigenvalue weighted by atomic mass is 9.96. The molecule has 0 aliphatic carbocycles. The molecular weight excluding hydrogens is 407 g/mol. The van der Waals surface area contributed by atoms with Crippen LogP contribution in [0.2, 0.25) is 0 Å². The summed E-state index contributed by atoms with van der Waals surface area (Å²) >= 11 is 0. The Morgan fingerprint density at radius 1 is 1.04 bits per heavy atom. The molecule has 0 saturated heterocycles. The summed E-state index contributed by atoms with van der Waals surface area (Å²) in [6.45, 7) is 14.2. The van der Waals surface area contributed by atoms with Gasteiger partial charge in [0, 0.05) is 44.8 Å². The Hall–Kier alpha value is -0.570. The van der Waals surface area contributed by atoms with E-state index in [1.54, 1.807) is 0 Å². The monoisotopic (exact) mass is 442 g/mol. The fraction of sp³-hybridized carbons (Fsp3) is 0.875. The molecule has 3 N–H and O–H groups in total. The molecule has 0 rings (SSSR count). The van der Waals surface area contributed by atoms with Crippen LogP contribution in [0.1, 0.15) is 47.5 Å². The van der Waals surface area contributed by atoms with Crippen molar-refractivity contribution in [2.45, 2.75) is 47.5 Å². The zero-order valence-corrected chi connectivity index (χ0v) is 17.7. The van der Waals surface area contributed by atoms with Crippen molar-refractivity contribution in [2.75, 3.05) is 39.4 Å². The van der Waals surface area contributed by atoms with Crippen LogP contribution < -0.4 is 16.0 Å².